The van der Waals surface area contributed by atoms with E-state index in [0.717, 1.165) is 37.4 Å². The van der Waals surface area contributed by atoms with Crippen molar-refractivity contribution in [3.63, 3.8) is 0 Å². The smallest absolute Gasteiger partial charge is 0.226 e. The molecule has 0 radical (unpaired) electrons. The third kappa shape index (κ3) is 5.14. The van der Waals surface area contributed by atoms with Gasteiger partial charge in [-0.25, -0.2) is 0 Å². The molecule has 0 aromatic carbocycles. The second-order valence-corrected chi connectivity index (χ2v) is 7.14. The van der Waals surface area contributed by atoms with Gasteiger partial charge in [0.15, 0.2) is 0 Å². The lowest BCUT2D eigenvalue weighted by Gasteiger charge is -2.22. The molecule has 3 rings (SSSR count). The fourth-order valence-corrected chi connectivity index (χ4v) is 3.59. The van der Waals surface area contributed by atoms with Crippen molar-refractivity contribution < 1.29 is 9.32 Å². The predicted molar refractivity (Wildman–Crippen MR) is 93.8 cm³/mol. The number of aryl methyl sites for hydroxylation is 1. The Morgan fingerprint density at radius 3 is 3.25 bits per heavy atom. The highest BCUT2D eigenvalue weighted by Gasteiger charge is 2.13. The molecule has 3 heterocycles. The van der Waals surface area contributed by atoms with Gasteiger partial charge in [-0.05, 0) is 56.1 Å². The molecule has 0 saturated carbocycles. The summed E-state index contributed by atoms with van der Waals surface area (Å²) >= 11 is 1.59. The van der Waals surface area contributed by atoms with E-state index < -0.39 is 0 Å². The maximum absolute atomic E-state index is 11.9. The molecular formula is C17H24N4O2S. The van der Waals surface area contributed by atoms with Gasteiger partial charge < -0.3 is 15.2 Å². The van der Waals surface area contributed by atoms with Crippen molar-refractivity contribution in [2.75, 3.05) is 19.6 Å². The summed E-state index contributed by atoms with van der Waals surface area (Å²) in [7, 11) is 0. The molecule has 2 aromatic heterocycles. The lowest BCUT2D eigenvalue weighted by molar-refractivity contribution is -0.121. The molecule has 1 atom stereocenters. The maximum atomic E-state index is 11.9. The van der Waals surface area contributed by atoms with Gasteiger partial charge in [-0.2, -0.15) is 4.98 Å². The van der Waals surface area contributed by atoms with Gasteiger partial charge in [-0.15, -0.1) is 11.3 Å². The van der Waals surface area contributed by atoms with Crippen LogP contribution in [0.1, 0.15) is 38.0 Å². The Kier molecular flexibility index (Phi) is 6.37. The molecular weight excluding hydrogens is 324 g/mol. The SMILES string of the molecule is O=C(CCCc1nc(-c2cccs2)no1)NCCC1CCCNC1. The zero-order chi connectivity index (χ0) is 16.6. The average Bonchev–Trinajstić information content (AvgIpc) is 3.27. The van der Waals surface area contributed by atoms with Crippen LogP contribution in [-0.4, -0.2) is 35.7 Å². The number of hydrogen-bond acceptors (Lipinski definition) is 6. The monoisotopic (exact) mass is 348 g/mol. The van der Waals surface area contributed by atoms with Crippen LogP contribution in [0.4, 0.5) is 0 Å². The minimum absolute atomic E-state index is 0.108. The topological polar surface area (TPSA) is 80.0 Å². The van der Waals surface area contributed by atoms with Gasteiger partial charge in [0, 0.05) is 19.4 Å². The van der Waals surface area contributed by atoms with E-state index in [2.05, 4.69) is 20.8 Å². The first kappa shape index (κ1) is 17.1. The molecule has 1 aliphatic heterocycles. The number of thiophene rings is 1. The first-order valence-electron chi connectivity index (χ1n) is 8.65. The van der Waals surface area contributed by atoms with Crippen molar-refractivity contribution in [3.05, 3.63) is 23.4 Å². The van der Waals surface area contributed by atoms with Crippen LogP contribution in [0.2, 0.25) is 0 Å². The second kappa shape index (κ2) is 8.94. The molecule has 1 saturated heterocycles. The highest BCUT2D eigenvalue weighted by molar-refractivity contribution is 7.13. The molecule has 0 bridgehead atoms. The van der Waals surface area contributed by atoms with Crippen molar-refractivity contribution >= 4 is 17.2 Å². The number of nitrogens with one attached hydrogen (secondary N) is 2. The molecule has 24 heavy (non-hydrogen) atoms. The maximum Gasteiger partial charge on any atom is 0.226 e. The van der Waals surface area contributed by atoms with Crippen LogP contribution in [0.15, 0.2) is 22.0 Å². The van der Waals surface area contributed by atoms with Crippen LogP contribution in [0.3, 0.4) is 0 Å². The van der Waals surface area contributed by atoms with Gasteiger partial charge >= 0.3 is 0 Å². The van der Waals surface area contributed by atoms with Crippen LogP contribution in [0.5, 0.6) is 0 Å². The molecule has 0 aliphatic carbocycles. The van der Waals surface area contributed by atoms with Crippen LogP contribution in [0, 0.1) is 5.92 Å². The number of carbonyl (C=O) groups is 1. The Morgan fingerprint density at radius 1 is 1.50 bits per heavy atom. The summed E-state index contributed by atoms with van der Waals surface area (Å²) in [6, 6.07) is 3.93. The third-order valence-corrected chi connectivity index (χ3v) is 5.14. The van der Waals surface area contributed by atoms with Crippen LogP contribution < -0.4 is 10.6 Å². The third-order valence-electron chi connectivity index (χ3n) is 4.28. The number of piperidine rings is 1. The Bertz CT molecular complexity index is 620. The number of hydrogen-bond donors (Lipinski definition) is 2. The fraction of sp³-hybridized carbons (Fsp3) is 0.588. The van der Waals surface area contributed by atoms with E-state index in [1.807, 2.05) is 17.5 Å². The van der Waals surface area contributed by atoms with E-state index in [1.54, 1.807) is 11.3 Å². The van der Waals surface area contributed by atoms with Gasteiger partial charge in [-0.1, -0.05) is 11.2 Å². The molecule has 1 unspecified atom stereocenters. The number of rotatable bonds is 8. The van der Waals surface area contributed by atoms with Crippen LogP contribution >= 0.6 is 11.3 Å². The van der Waals surface area contributed by atoms with Crippen molar-refractivity contribution in [2.24, 2.45) is 5.92 Å². The summed E-state index contributed by atoms with van der Waals surface area (Å²) in [6.07, 6.45) is 5.44. The van der Waals surface area contributed by atoms with Crippen molar-refractivity contribution in [1.29, 1.82) is 0 Å². The summed E-state index contributed by atoms with van der Waals surface area (Å²) in [5, 5.41) is 12.4. The number of nitrogens with zero attached hydrogens (tertiary/aromatic N) is 2. The van der Waals surface area contributed by atoms with Gasteiger partial charge in [0.1, 0.15) is 0 Å². The average molecular weight is 348 g/mol. The molecule has 130 valence electrons. The summed E-state index contributed by atoms with van der Waals surface area (Å²) in [5.74, 6) is 2.04. The van der Waals surface area contributed by atoms with E-state index in [4.69, 9.17) is 4.52 Å². The van der Waals surface area contributed by atoms with E-state index in [1.165, 1.54) is 12.8 Å². The minimum atomic E-state index is 0.108. The Balaban J connectivity index is 1.30. The fourth-order valence-electron chi connectivity index (χ4n) is 2.94. The zero-order valence-corrected chi connectivity index (χ0v) is 14.6. The predicted octanol–water partition coefficient (Wildman–Crippen LogP) is 2.63. The second-order valence-electron chi connectivity index (χ2n) is 6.19. The van der Waals surface area contributed by atoms with Crippen LogP contribution in [0.25, 0.3) is 10.7 Å². The van der Waals surface area contributed by atoms with E-state index in [-0.39, 0.29) is 5.91 Å². The number of aromatic nitrogens is 2. The summed E-state index contributed by atoms with van der Waals surface area (Å²) in [6.45, 7) is 2.99. The molecule has 0 spiro atoms. The normalized spacial score (nSPS) is 17.8. The standard InChI is InChI=1S/C17H24N4O2S/c22-15(19-10-8-13-4-2-9-18-12-13)6-1-7-16-20-17(21-23-16)14-5-3-11-24-14/h3,5,11,13,18H,1-2,4,6-10,12H2,(H,19,22). The Labute approximate surface area is 146 Å². The molecule has 7 heteroatoms. The Morgan fingerprint density at radius 2 is 2.46 bits per heavy atom. The minimum Gasteiger partial charge on any atom is -0.356 e. The molecule has 2 aromatic rings. The van der Waals surface area contributed by atoms with E-state index in [0.29, 0.717) is 30.5 Å². The number of amides is 1. The number of carbonyl (C=O) groups excluding carboxylic acids is 1. The summed E-state index contributed by atoms with van der Waals surface area (Å²) in [5.41, 5.74) is 0. The first-order valence-corrected chi connectivity index (χ1v) is 9.53. The molecule has 1 aliphatic rings. The quantitative estimate of drug-likeness (QED) is 0.766. The van der Waals surface area contributed by atoms with Crippen molar-refractivity contribution in [1.82, 2.24) is 20.8 Å². The molecule has 2 N–H and O–H groups in total. The van der Waals surface area contributed by atoms with Gasteiger partial charge in [0.05, 0.1) is 4.88 Å². The molecule has 6 nitrogen and oxygen atoms in total. The summed E-state index contributed by atoms with van der Waals surface area (Å²) in [4.78, 5) is 17.2. The molecule has 1 amide bonds. The first-order chi connectivity index (χ1) is 11.8. The lowest BCUT2D eigenvalue weighted by Crippen LogP contribution is -2.33. The highest BCUT2D eigenvalue weighted by Crippen LogP contribution is 2.21. The Hall–Kier alpha value is -1.73. The van der Waals surface area contributed by atoms with Crippen molar-refractivity contribution in [3.8, 4) is 10.7 Å². The highest BCUT2D eigenvalue weighted by atomic mass is 32.1. The van der Waals surface area contributed by atoms with E-state index >= 15 is 0 Å². The van der Waals surface area contributed by atoms with Crippen molar-refractivity contribution in [2.45, 2.75) is 38.5 Å². The van der Waals surface area contributed by atoms with Crippen LogP contribution in [-0.2, 0) is 11.2 Å². The van der Waals surface area contributed by atoms with Gasteiger partial charge in [0.2, 0.25) is 17.6 Å². The lowest BCUT2D eigenvalue weighted by atomic mass is 9.96. The van der Waals surface area contributed by atoms with Gasteiger partial charge in [-0.3, -0.25) is 4.79 Å². The summed E-state index contributed by atoms with van der Waals surface area (Å²) < 4.78 is 5.24. The zero-order valence-electron chi connectivity index (χ0n) is 13.8. The van der Waals surface area contributed by atoms with E-state index in [9.17, 15) is 4.79 Å². The largest absolute Gasteiger partial charge is 0.356 e. The molecule has 1 fully saturated rings. The van der Waals surface area contributed by atoms with Gasteiger partial charge in [0.25, 0.3) is 0 Å².